The van der Waals surface area contributed by atoms with Gasteiger partial charge in [0.15, 0.2) is 0 Å². The fraction of sp³-hybridized carbons (Fsp3) is 0.286. The first-order valence-corrected chi connectivity index (χ1v) is 9.92. The highest BCUT2D eigenvalue weighted by Crippen LogP contribution is 2.23. The van der Waals surface area contributed by atoms with Crippen LogP contribution in [0.5, 0.6) is 0 Å². The average Bonchev–Trinajstić information content (AvgIpc) is 2.85. The molecule has 0 aliphatic carbocycles. The molecule has 0 unspecified atom stereocenters. The van der Waals surface area contributed by atoms with E-state index in [1.54, 1.807) is 30.5 Å². The largest absolute Gasteiger partial charge is 0.243 e. The van der Waals surface area contributed by atoms with Crippen molar-refractivity contribution in [2.45, 2.75) is 17.9 Å². The van der Waals surface area contributed by atoms with Gasteiger partial charge in [-0.1, -0.05) is 12.1 Å². The molecule has 7 heteroatoms. The number of sulfonamides is 1. The minimum atomic E-state index is -3.47. The van der Waals surface area contributed by atoms with Gasteiger partial charge in [-0.15, -0.1) is 22.9 Å². The number of hydrogen-bond donors (Lipinski definition) is 0. The molecule has 0 aliphatic heterocycles. The van der Waals surface area contributed by atoms with E-state index in [1.807, 2.05) is 23.6 Å². The molecule has 0 spiro atoms. The summed E-state index contributed by atoms with van der Waals surface area (Å²) in [6, 6.07) is 8.82. The summed E-state index contributed by atoms with van der Waals surface area (Å²) in [5.74, 6) is 0.527. The summed E-state index contributed by atoms with van der Waals surface area (Å²) < 4.78 is 27.4. The second-order valence-electron chi connectivity index (χ2n) is 4.60. The molecule has 1 aromatic carbocycles. The average molecular weight is 409 g/mol. The summed E-state index contributed by atoms with van der Waals surface area (Å²) in [4.78, 5) is 0.303. The lowest BCUT2D eigenvalue weighted by atomic mass is 10.2. The summed E-state index contributed by atoms with van der Waals surface area (Å²) in [5.41, 5.74) is 2.00. The van der Waals surface area contributed by atoms with Crippen LogP contribution < -0.4 is 0 Å². The Labute approximate surface area is 142 Å². The van der Waals surface area contributed by atoms with E-state index in [-0.39, 0.29) is 0 Å². The van der Waals surface area contributed by atoms with Crippen molar-refractivity contribution in [2.24, 2.45) is 0 Å². The molecule has 0 amide bonds. The Balaban J connectivity index is 2.16. The molecule has 0 N–H and O–H groups in total. The maximum atomic E-state index is 12.5. The van der Waals surface area contributed by atoms with Crippen LogP contribution in [-0.2, 0) is 23.0 Å². The Kier molecular flexibility index (Phi) is 5.85. The minimum absolute atomic E-state index is 0.303. The lowest BCUT2D eigenvalue weighted by molar-refractivity contribution is 0.467. The first-order chi connectivity index (χ1) is 9.93. The molecule has 1 heterocycles. The van der Waals surface area contributed by atoms with Crippen LogP contribution in [0.2, 0.25) is 0 Å². The van der Waals surface area contributed by atoms with Gasteiger partial charge in [-0.3, -0.25) is 0 Å². The number of hydrogen-bond acceptors (Lipinski definition) is 3. The van der Waals surface area contributed by atoms with Gasteiger partial charge in [0.1, 0.15) is 0 Å². The molecule has 0 atom stereocenters. The molecule has 0 aliphatic rings. The lowest BCUT2D eigenvalue weighted by Crippen LogP contribution is -2.26. The van der Waals surface area contributed by atoms with Crippen molar-refractivity contribution < 1.29 is 8.42 Å². The van der Waals surface area contributed by atoms with Crippen molar-refractivity contribution in [1.29, 1.82) is 0 Å². The van der Waals surface area contributed by atoms with Gasteiger partial charge in [0, 0.05) is 19.5 Å². The summed E-state index contributed by atoms with van der Waals surface area (Å²) >= 11 is 10.6. The van der Waals surface area contributed by atoms with Crippen LogP contribution in [0.1, 0.15) is 11.1 Å². The van der Waals surface area contributed by atoms with Crippen molar-refractivity contribution >= 4 is 48.9 Å². The van der Waals surface area contributed by atoms with Gasteiger partial charge < -0.3 is 0 Å². The smallest absolute Gasteiger partial charge is 0.207 e. The van der Waals surface area contributed by atoms with E-state index < -0.39 is 10.0 Å². The second-order valence-corrected chi connectivity index (χ2v) is 9.32. The number of rotatable bonds is 6. The third-order valence-corrected chi connectivity index (χ3v) is 6.60. The Bertz CT molecular complexity index is 698. The molecule has 114 valence electrons. The zero-order valence-electron chi connectivity index (χ0n) is 11.4. The topological polar surface area (TPSA) is 37.4 Å². The van der Waals surface area contributed by atoms with Gasteiger partial charge in [0.2, 0.25) is 10.0 Å². The highest BCUT2D eigenvalue weighted by atomic mass is 79.9. The summed E-state index contributed by atoms with van der Waals surface area (Å²) in [6.07, 6.45) is 0.737. The number of aryl methyl sites for hydroxylation is 1. The van der Waals surface area contributed by atoms with Gasteiger partial charge >= 0.3 is 0 Å². The first-order valence-electron chi connectivity index (χ1n) is 6.27. The molecule has 0 fully saturated rings. The quantitative estimate of drug-likeness (QED) is 0.674. The first kappa shape index (κ1) is 17.0. The van der Waals surface area contributed by atoms with Crippen LogP contribution in [0.15, 0.2) is 44.4 Å². The monoisotopic (exact) mass is 407 g/mol. The van der Waals surface area contributed by atoms with Gasteiger partial charge in [-0.2, -0.15) is 4.31 Å². The fourth-order valence-electron chi connectivity index (χ4n) is 1.89. The molecule has 21 heavy (non-hydrogen) atoms. The lowest BCUT2D eigenvalue weighted by Gasteiger charge is -2.16. The van der Waals surface area contributed by atoms with E-state index in [2.05, 4.69) is 15.9 Å². The predicted molar refractivity (Wildman–Crippen MR) is 91.5 cm³/mol. The molecular formula is C14H15BrClNO2S2. The number of nitrogens with zero attached hydrogens (tertiary/aromatic N) is 1. The van der Waals surface area contributed by atoms with E-state index in [0.717, 1.165) is 21.3 Å². The molecule has 2 rings (SSSR count). The SMILES string of the molecule is CN(Cc1csc(Br)c1)S(=O)(=O)c1ccc(CCCl)cc1. The number of alkyl halides is 1. The van der Waals surface area contributed by atoms with Crippen molar-refractivity contribution in [2.75, 3.05) is 12.9 Å². The van der Waals surface area contributed by atoms with Gasteiger partial charge in [0.25, 0.3) is 0 Å². The van der Waals surface area contributed by atoms with Gasteiger partial charge in [0.05, 0.1) is 8.68 Å². The fourth-order valence-corrected chi connectivity index (χ4v) is 4.47. The maximum absolute atomic E-state index is 12.5. The van der Waals surface area contributed by atoms with Crippen LogP contribution in [-0.4, -0.2) is 25.7 Å². The Morgan fingerprint density at radius 3 is 2.43 bits per heavy atom. The third-order valence-electron chi connectivity index (χ3n) is 3.04. The zero-order valence-corrected chi connectivity index (χ0v) is 15.4. The number of halogens is 2. The standard InChI is InChI=1S/C14H15BrClNO2S2/c1-17(9-12-8-14(15)20-10-12)21(18,19)13-4-2-11(3-5-13)6-7-16/h2-5,8,10H,6-7,9H2,1H3. The van der Waals surface area contributed by atoms with E-state index >= 15 is 0 Å². The Morgan fingerprint density at radius 2 is 1.90 bits per heavy atom. The van der Waals surface area contributed by atoms with Crippen LogP contribution in [0.3, 0.4) is 0 Å². The zero-order chi connectivity index (χ0) is 15.5. The highest BCUT2D eigenvalue weighted by Gasteiger charge is 2.21. The normalized spacial score (nSPS) is 12.0. The molecule has 2 aromatic rings. The van der Waals surface area contributed by atoms with E-state index in [9.17, 15) is 8.42 Å². The van der Waals surface area contributed by atoms with E-state index in [0.29, 0.717) is 17.3 Å². The summed E-state index contributed by atoms with van der Waals surface area (Å²) in [6.45, 7) is 0.355. The summed E-state index contributed by atoms with van der Waals surface area (Å²) in [5, 5.41) is 1.94. The molecule has 0 saturated heterocycles. The second kappa shape index (κ2) is 7.24. The minimum Gasteiger partial charge on any atom is -0.207 e. The molecule has 3 nitrogen and oxygen atoms in total. The Hall–Kier alpha value is -0.400. The van der Waals surface area contributed by atoms with Crippen LogP contribution >= 0.6 is 38.9 Å². The van der Waals surface area contributed by atoms with Crippen molar-refractivity contribution in [3.63, 3.8) is 0 Å². The summed E-state index contributed by atoms with van der Waals surface area (Å²) in [7, 11) is -1.88. The molecule has 0 saturated carbocycles. The Morgan fingerprint density at radius 1 is 1.24 bits per heavy atom. The highest BCUT2D eigenvalue weighted by molar-refractivity contribution is 9.11. The molecular weight excluding hydrogens is 394 g/mol. The molecule has 1 aromatic heterocycles. The van der Waals surface area contributed by atoms with Gasteiger partial charge in [-0.25, -0.2) is 8.42 Å². The van der Waals surface area contributed by atoms with E-state index in [1.165, 1.54) is 4.31 Å². The maximum Gasteiger partial charge on any atom is 0.243 e. The van der Waals surface area contributed by atoms with Crippen molar-refractivity contribution in [3.05, 3.63) is 50.6 Å². The third kappa shape index (κ3) is 4.29. The van der Waals surface area contributed by atoms with Crippen LogP contribution in [0, 0.1) is 0 Å². The molecule has 0 radical (unpaired) electrons. The van der Waals surface area contributed by atoms with Crippen LogP contribution in [0.25, 0.3) is 0 Å². The van der Waals surface area contributed by atoms with E-state index in [4.69, 9.17) is 11.6 Å². The van der Waals surface area contributed by atoms with Gasteiger partial charge in [-0.05, 0) is 57.1 Å². The number of benzene rings is 1. The van der Waals surface area contributed by atoms with Crippen molar-refractivity contribution in [1.82, 2.24) is 4.31 Å². The molecule has 0 bridgehead atoms. The number of thiophene rings is 1. The van der Waals surface area contributed by atoms with Crippen molar-refractivity contribution in [3.8, 4) is 0 Å². The van der Waals surface area contributed by atoms with Crippen LogP contribution in [0.4, 0.5) is 0 Å². The predicted octanol–water partition coefficient (Wildman–Crippen LogP) is 4.11.